The Balaban J connectivity index is 0.00000208. The number of benzene rings is 1. The number of rotatable bonds is 5. The van der Waals surface area contributed by atoms with Gasteiger partial charge in [0.25, 0.3) is 0 Å². The Morgan fingerprint density at radius 1 is 1.21 bits per heavy atom. The summed E-state index contributed by atoms with van der Waals surface area (Å²) < 4.78 is 4.03. The maximum Gasteiger partial charge on any atom is 1.00 e. The molecule has 1 aromatic carbocycles. The number of amides is 2. The SMILES string of the molecule is CN(C)C/C=C/S[N-]C(=O)Nc1c2c(cc3c1CCC3)CCC2.[Na+]. The summed E-state index contributed by atoms with van der Waals surface area (Å²) >= 11 is 1.19. The van der Waals surface area contributed by atoms with Gasteiger partial charge >= 0.3 is 29.6 Å². The van der Waals surface area contributed by atoms with Crippen molar-refractivity contribution in [2.75, 3.05) is 26.0 Å². The first-order chi connectivity index (χ1) is 11.1. The maximum atomic E-state index is 12.2. The van der Waals surface area contributed by atoms with Crippen molar-refractivity contribution in [3.63, 3.8) is 0 Å². The minimum atomic E-state index is -0.251. The van der Waals surface area contributed by atoms with Crippen molar-refractivity contribution in [1.82, 2.24) is 4.90 Å². The smallest absolute Gasteiger partial charge is 0.423 e. The average Bonchev–Trinajstić information content (AvgIpc) is 3.14. The number of hydrogen-bond donors (Lipinski definition) is 1. The standard InChI is InChI=1S/C18H25N3OS.Na/c1-21(2)10-5-11-23-20-18(22)19-17-15-8-3-6-13(15)12-14-7-4-9-16(14)17;/h5,11-12H,3-4,6-10H2,1-2H3,(H2,19,20,22);/q;+1/p-1/b11-5+;. The van der Waals surface area contributed by atoms with Crippen LogP contribution in [0.25, 0.3) is 4.72 Å². The summed E-state index contributed by atoms with van der Waals surface area (Å²) in [6, 6.07) is 2.12. The summed E-state index contributed by atoms with van der Waals surface area (Å²) in [5.41, 5.74) is 6.63. The van der Waals surface area contributed by atoms with E-state index in [1.807, 2.05) is 25.6 Å². The quantitative estimate of drug-likeness (QED) is 0.641. The number of aryl methyl sites for hydroxylation is 2. The van der Waals surface area contributed by atoms with Crippen molar-refractivity contribution < 1.29 is 34.4 Å². The Kier molecular flexibility index (Phi) is 7.69. The second kappa shape index (κ2) is 9.30. The molecule has 0 bridgehead atoms. The monoisotopic (exact) mass is 353 g/mol. The Labute approximate surface area is 171 Å². The van der Waals surface area contributed by atoms with Crippen molar-refractivity contribution in [2.24, 2.45) is 0 Å². The molecule has 0 saturated carbocycles. The summed E-state index contributed by atoms with van der Waals surface area (Å²) in [7, 11) is 4.02. The number of carbonyl (C=O) groups is 1. The van der Waals surface area contributed by atoms with Crippen LogP contribution in [0.5, 0.6) is 0 Å². The average molecular weight is 353 g/mol. The molecule has 0 atom stereocenters. The van der Waals surface area contributed by atoms with E-state index in [0.717, 1.165) is 37.9 Å². The molecule has 1 N–H and O–H groups in total. The molecule has 2 amide bonds. The van der Waals surface area contributed by atoms with Gasteiger partial charge in [-0.25, -0.2) is 0 Å². The molecular formula is C18H24N3NaOS. The molecule has 124 valence electrons. The fourth-order valence-electron chi connectivity index (χ4n) is 3.47. The van der Waals surface area contributed by atoms with Crippen molar-refractivity contribution in [3.05, 3.63) is 44.5 Å². The van der Waals surface area contributed by atoms with Crippen LogP contribution in [0.3, 0.4) is 0 Å². The maximum absolute atomic E-state index is 12.2. The van der Waals surface area contributed by atoms with E-state index in [-0.39, 0.29) is 35.6 Å². The number of likely N-dealkylation sites (N-methyl/N-ethyl adjacent to an activating group) is 1. The molecule has 0 unspecified atom stereocenters. The second-order valence-electron chi connectivity index (χ2n) is 6.49. The van der Waals surface area contributed by atoms with Gasteiger partial charge in [0, 0.05) is 6.54 Å². The summed E-state index contributed by atoms with van der Waals surface area (Å²) in [4.78, 5) is 14.2. The minimum Gasteiger partial charge on any atom is -0.423 e. The molecule has 0 heterocycles. The van der Waals surface area contributed by atoms with E-state index in [4.69, 9.17) is 0 Å². The predicted molar refractivity (Wildman–Crippen MR) is 98.2 cm³/mol. The van der Waals surface area contributed by atoms with E-state index in [1.54, 1.807) is 0 Å². The first-order valence-electron chi connectivity index (χ1n) is 8.29. The number of fused-ring (bicyclic) bond motifs is 2. The summed E-state index contributed by atoms with van der Waals surface area (Å²) in [5.74, 6) is 0. The summed E-state index contributed by atoms with van der Waals surface area (Å²) in [6.45, 7) is 0.851. The van der Waals surface area contributed by atoms with Gasteiger partial charge in [0.2, 0.25) is 0 Å². The van der Waals surface area contributed by atoms with Gasteiger partial charge in [-0.15, -0.1) is 11.9 Å². The zero-order valence-electron chi connectivity index (χ0n) is 14.9. The summed E-state index contributed by atoms with van der Waals surface area (Å²) in [5, 5.41) is 4.93. The number of anilines is 1. The van der Waals surface area contributed by atoms with E-state index < -0.39 is 0 Å². The van der Waals surface area contributed by atoms with Gasteiger partial charge in [0.1, 0.15) is 0 Å². The molecule has 0 aliphatic heterocycles. The van der Waals surface area contributed by atoms with Gasteiger partial charge in [0.15, 0.2) is 6.03 Å². The molecule has 2 aliphatic carbocycles. The molecule has 2 aliphatic rings. The predicted octanol–water partition coefficient (Wildman–Crippen LogP) is 1.30. The Morgan fingerprint density at radius 2 is 1.83 bits per heavy atom. The number of nitrogens with one attached hydrogen (secondary N) is 1. The third-order valence-electron chi connectivity index (χ3n) is 4.47. The third kappa shape index (κ3) is 4.79. The van der Waals surface area contributed by atoms with Gasteiger partial charge in [-0.3, -0.25) is 4.79 Å². The Bertz CT molecular complexity index is 599. The van der Waals surface area contributed by atoms with Gasteiger partial charge in [-0.2, -0.15) is 0 Å². The van der Waals surface area contributed by atoms with Crippen molar-refractivity contribution >= 4 is 23.7 Å². The van der Waals surface area contributed by atoms with Crippen molar-refractivity contribution in [3.8, 4) is 0 Å². The van der Waals surface area contributed by atoms with Gasteiger partial charge in [-0.1, -0.05) is 12.1 Å². The fraction of sp³-hybridized carbons (Fsp3) is 0.500. The zero-order valence-corrected chi connectivity index (χ0v) is 17.7. The molecule has 4 nitrogen and oxygen atoms in total. The molecule has 1 aromatic rings. The van der Waals surface area contributed by atoms with Crippen LogP contribution in [0.4, 0.5) is 10.5 Å². The number of hydrogen-bond acceptors (Lipinski definition) is 3. The van der Waals surface area contributed by atoms with Crippen molar-refractivity contribution in [2.45, 2.75) is 38.5 Å². The van der Waals surface area contributed by atoms with Crippen LogP contribution >= 0.6 is 11.9 Å². The minimum absolute atomic E-state index is 0. The summed E-state index contributed by atoms with van der Waals surface area (Å²) in [6.07, 6.45) is 8.83. The molecule has 0 radical (unpaired) electrons. The largest absolute Gasteiger partial charge is 1.00 e. The Hall–Kier alpha value is -0.460. The van der Waals surface area contributed by atoms with E-state index in [9.17, 15) is 4.79 Å². The normalized spacial score (nSPS) is 15.3. The van der Waals surface area contributed by atoms with Crippen LogP contribution in [-0.4, -0.2) is 31.6 Å². The zero-order chi connectivity index (χ0) is 16.2. The van der Waals surface area contributed by atoms with Crippen LogP contribution in [0.15, 0.2) is 17.6 Å². The molecule has 6 heteroatoms. The van der Waals surface area contributed by atoms with E-state index >= 15 is 0 Å². The number of urea groups is 1. The molecule has 3 rings (SSSR count). The third-order valence-corrected chi connectivity index (χ3v) is 5.05. The first-order valence-corrected chi connectivity index (χ1v) is 9.13. The van der Waals surface area contributed by atoms with Crippen LogP contribution < -0.4 is 34.9 Å². The molecular weight excluding hydrogens is 329 g/mol. The van der Waals surface area contributed by atoms with Gasteiger partial charge in [-0.05, 0) is 86.0 Å². The molecule has 0 saturated heterocycles. The van der Waals surface area contributed by atoms with Crippen LogP contribution in [-0.2, 0) is 25.7 Å². The van der Waals surface area contributed by atoms with E-state index in [1.165, 1.54) is 47.0 Å². The molecule has 0 aromatic heterocycles. The van der Waals surface area contributed by atoms with Crippen LogP contribution in [0.1, 0.15) is 35.1 Å². The number of carbonyl (C=O) groups excluding carboxylic acids is 1. The molecule has 0 spiro atoms. The Morgan fingerprint density at radius 3 is 2.42 bits per heavy atom. The van der Waals surface area contributed by atoms with Crippen LogP contribution in [0, 0.1) is 0 Å². The number of nitrogens with zero attached hydrogens (tertiary/aromatic N) is 2. The van der Waals surface area contributed by atoms with Crippen molar-refractivity contribution in [1.29, 1.82) is 0 Å². The fourth-order valence-corrected chi connectivity index (χ4v) is 3.85. The van der Waals surface area contributed by atoms with Crippen LogP contribution in [0.2, 0.25) is 0 Å². The topological polar surface area (TPSA) is 46.4 Å². The molecule has 24 heavy (non-hydrogen) atoms. The van der Waals surface area contributed by atoms with Gasteiger partial charge in [0.05, 0.1) is 0 Å². The van der Waals surface area contributed by atoms with E-state index in [0.29, 0.717) is 0 Å². The molecule has 0 fully saturated rings. The van der Waals surface area contributed by atoms with Gasteiger partial charge < -0.3 is 14.9 Å². The van der Waals surface area contributed by atoms with E-state index in [2.05, 4.69) is 21.0 Å². The first kappa shape index (κ1) is 19.9. The second-order valence-corrected chi connectivity index (χ2v) is 7.16.